The van der Waals surface area contributed by atoms with Crippen molar-refractivity contribution < 1.29 is 19.1 Å². The van der Waals surface area contributed by atoms with E-state index in [4.69, 9.17) is 4.74 Å². The van der Waals surface area contributed by atoms with Gasteiger partial charge in [-0.2, -0.15) is 0 Å². The number of ether oxygens (including phenoxy) is 1. The van der Waals surface area contributed by atoms with Gasteiger partial charge in [-0.3, -0.25) is 9.59 Å². The second kappa shape index (κ2) is 8.15. The maximum atomic E-state index is 12.5. The number of carbonyl (C=O) groups excluding carboxylic acids is 3. The van der Waals surface area contributed by atoms with Crippen LogP contribution in [-0.2, 0) is 14.3 Å². The minimum atomic E-state index is -0.510. The lowest BCUT2D eigenvalue weighted by Crippen LogP contribution is -2.33. The van der Waals surface area contributed by atoms with E-state index < -0.39 is 11.7 Å². The fourth-order valence-electron chi connectivity index (χ4n) is 3.85. The molecule has 0 bridgehead atoms. The van der Waals surface area contributed by atoms with Crippen LogP contribution in [0.5, 0.6) is 0 Å². The largest absolute Gasteiger partial charge is 0.444 e. The Morgan fingerprint density at radius 1 is 1.28 bits per heavy atom. The Morgan fingerprint density at radius 2 is 2.00 bits per heavy atom. The number of amides is 1. The van der Waals surface area contributed by atoms with Gasteiger partial charge in [0.1, 0.15) is 11.4 Å². The normalized spacial score (nSPS) is 27.2. The summed E-state index contributed by atoms with van der Waals surface area (Å²) in [5, 5.41) is 2.72. The summed E-state index contributed by atoms with van der Waals surface area (Å²) in [6, 6.07) is 0. The van der Waals surface area contributed by atoms with Gasteiger partial charge < -0.3 is 10.1 Å². The van der Waals surface area contributed by atoms with Gasteiger partial charge in [0.2, 0.25) is 0 Å². The molecule has 2 rings (SSSR count). The van der Waals surface area contributed by atoms with Crippen LogP contribution in [0.1, 0.15) is 66.2 Å². The van der Waals surface area contributed by atoms with Crippen molar-refractivity contribution in [3.63, 3.8) is 0 Å². The van der Waals surface area contributed by atoms with Crippen molar-refractivity contribution in [3.8, 4) is 0 Å². The Hall–Kier alpha value is -1.65. The molecule has 0 radical (unpaired) electrons. The first-order valence-corrected chi connectivity index (χ1v) is 9.37. The van der Waals surface area contributed by atoms with E-state index in [-0.39, 0.29) is 17.6 Å². The average Bonchev–Trinajstić information content (AvgIpc) is 2.60. The van der Waals surface area contributed by atoms with Crippen molar-refractivity contribution >= 4 is 17.7 Å². The molecule has 5 nitrogen and oxygen atoms in total. The Balaban J connectivity index is 1.81. The van der Waals surface area contributed by atoms with Gasteiger partial charge in [-0.15, -0.1) is 0 Å². The fraction of sp³-hybridized carbons (Fsp3) is 0.750. The van der Waals surface area contributed by atoms with Gasteiger partial charge in [0.15, 0.2) is 5.78 Å². The van der Waals surface area contributed by atoms with E-state index in [0.29, 0.717) is 50.4 Å². The summed E-state index contributed by atoms with van der Waals surface area (Å²) in [5.74, 6) is 1.11. The van der Waals surface area contributed by atoms with E-state index >= 15 is 0 Å². The summed E-state index contributed by atoms with van der Waals surface area (Å²) in [5.41, 5.74) is 0.310. The third-order valence-electron chi connectivity index (χ3n) is 4.95. The summed E-state index contributed by atoms with van der Waals surface area (Å²) < 4.78 is 5.19. The van der Waals surface area contributed by atoms with Crippen molar-refractivity contribution in [2.75, 3.05) is 6.54 Å². The SMILES string of the molecule is C[C@H]1CC(=O)[C@H]2CC=C(CCCNC(=O)OC(C)(C)C)C(=O)C[C@@H]2C1. The lowest BCUT2D eigenvalue weighted by molar-refractivity contribution is -0.128. The molecule has 2 aliphatic rings. The smallest absolute Gasteiger partial charge is 0.407 e. The molecule has 0 unspecified atom stereocenters. The summed E-state index contributed by atoms with van der Waals surface area (Å²) in [6.45, 7) is 8.04. The molecule has 0 spiro atoms. The summed E-state index contributed by atoms with van der Waals surface area (Å²) in [4.78, 5) is 36.4. The molecule has 140 valence electrons. The third-order valence-corrected chi connectivity index (χ3v) is 4.95. The highest BCUT2D eigenvalue weighted by Crippen LogP contribution is 2.38. The van der Waals surface area contributed by atoms with Crippen molar-refractivity contribution in [2.24, 2.45) is 17.8 Å². The Labute approximate surface area is 150 Å². The molecular formula is C20H31NO4. The monoisotopic (exact) mass is 349 g/mol. The molecule has 1 fully saturated rings. The Bertz CT molecular complexity index is 559. The number of rotatable bonds is 4. The standard InChI is InChI=1S/C20H31NO4/c1-13-10-15-12-17(22)14(7-8-16(15)18(23)11-13)6-5-9-21-19(24)25-20(2,3)4/h7,13,15-16H,5-6,8-12H2,1-4H3,(H,21,24)/t13-,15+,16+/m1/s1. The van der Waals surface area contributed by atoms with Gasteiger partial charge in [0.25, 0.3) is 0 Å². The molecule has 5 heteroatoms. The van der Waals surface area contributed by atoms with Crippen LogP contribution in [-0.4, -0.2) is 29.8 Å². The molecule has 1 N–H and O–H groups in total. The molecular weight excluding hydrogens is 318 g/mol. The van der Waals surface area contributed by atoms with Crippen molar-refractivity contribution in [1.82, 2.24) is 5.32 Å². The first-order valence-electron chi connectivity index (χ1n) is 9.37. The maximum Gasteiger partial charge on any atom is 0.407 e. The van der Waals surface area contributed by atoms with E-state index in [0.717, 1.165) is 12.0 Å². The number of nitrogens with one attached hydrogen (secondary N) is 1. The van der Waals surface area contributed by atoms with Crippen molar-refractivity contribution in [2.45, 2.75) is 71.8 Å². The molecule has 0 saturated heterocycles. The van der Waals surface area contributed by atoms with Gasteiger partial charge in [-0.05, 0) is 63.9 Å². The molecule has 3 atom stereocenters. The van der Waals surface area contributed by atoms with Crippen LogP contribution in [0.4, 0.5) is 4.79 Å². The highest BCUT2D eigenvalue weighted by Gasteiger charge is 2.37. The van der Waals surface area contributed by atoms with E-state index in [9.17, 15) is 14.4 Å². The lowest BCUT2D eigenvalue weighted by atomic mass is 9.71. The van der Waals surface area contributed by atoms with E-state index in [2.05, 4.69) is 12.2 Å². The predicted octanol–water partition coefficient (Wildman–Crippen LogP) is 3.81. The summed E-state index contributed by atoms with van der Waals surface area (Å²) in [7, 11) is 0. The molecule has 0 aromatic carbocycles. The van der Waals surface area contributed by atoms with Crippen LogP contribution >= 0.6 is 0 Å². The highest BCUT2D eigenvalue weighted by atomic mass is 16.6. The van der Waals surface area contributed by atoms with Crippen molar-refractivity contribution in [1.29, 1.82) is 0 Å². The van der Waals surface area contributed by atoms with Crippen LogP contribution in [0.15, 0.2) is 11.6 Å². The molecule has 2 aliphatic carbocycles. The summed E-state index contributed by atoms with van der Waals surface area (Å²) >= 11 is 0. The highest BCUT2D eigenvalue weighted by molar-refractivity contribution is 5.96. The predicted molar refractivity (Wildman–Crippen MR) is 96.2 cm³/mol. The second-order valence-corrected chi connectivity index (χ2v) is 8.50. The first kappa shape index (κ1) is 19.7. The number of alkyl carbamates (subject to hydrolysis) is 1. The molecule has 1 amide bonds. The van der Waals surface area contributed by atoms with Gasteiger partial charge >= 0.3 is 6.09 Å². The first-order chi connectivity index (χ1) is 11.7. The number of ketones is 2. The fourth-order valence-corrected chi connectivity index (χ4v) is 3.85. The maximum absolute atomic E-state index is 12.5. The van der Waals surface area contributed by atoms with Crippen LogP contribution in [0.3, 0.4) is 0 Å². The van der Waals surface area contributed by atoms with Crippen LogP contribution in [0.2, 0.25) is 0 Å². The molecule has 1 saturated carbocycles. The summed E-state index contributed by atoms with van der Waals surface area (Å²) in [6.07, 6.45) is 5.67. The van der Waals surface area contributed by atoms with E-state index in [1.54, 1.807) is 0 Å². The van der Waals surface area contributed by atoms with Crippen molar-refractivity contribution in [3.05, 3.63) is 11.6 Å². The zero-order valence-corrected chi connectivity index (χ0v) is 15.9. The third kappa shape index (κ3) is 5.98. The number of Topliss-reactive ketones (excluding diaryl/α,β-unsaturated/α-hetero) is 2. The molecule has 0 heterocycles. The van der Waals surface area contributed by atoms with Gasteiger partial charge in [0, 0.05) is 25.3 Å². The number of hydrogen-bond donors (Lipinski definition) is 1. The van der Waals surface area contributed by atoms with Crippen LogP contribution in [0.25, 0.3) is 0 Å². The zero-order valence-electron chi connectivity index (χ0n) is 15.9. The number of fused-ring (bicyclic) bond motifs is 1. The molecule has 25 heavy (non-hydrogen) atoms. The zero-order chi connectivity index (χ0) is 18.6. The molecule has 0 aromatic heterocycles. The Morgan fingerprint density at radius 3 is 2.68 bits per heavy atom. The second-order valence-electron chi connectivity index (χ2n) is 8.50. The quantitative estimate of drug-likeness (QED) is 0.783. The van der Waals surface area contributed by atoms with Crippen LogP contribution < -0.4 is 5.32 Å². The number of allylic oxidation sites excluding steroid dienone is 2. The van der Waals surface area contributed by atoms with Gasteiger partial charge in [-0.1, -0.05) is 13.0 Å². The number of carbonyl (C=O) groups is 3. The topological polar surface area (TPSA) is 72.5 Å². The molecule has 0 aromatic rings. The van der Waals surface area contributed by atoms with E-state index in [1.807, 2.05) is 26.8 Å². The Kier molecular flexibility index (Phi) is 6.42. The van der Waals surface area contributed by atoms with Gasteiger partial charge in [0.05, 0.1) is 0 Å². The van der Waals surface area contributed by atoms with E-state index in [1.165, 1.54) is 0 Å². The minimum absolute atomic E-state index is 0.0255. The molecule has 0 aliphatic heterocycles. The lowest BCUT2D eigenvalue weighted by Gasteiger charge is -2.31. The van der Waals surface area contributed by atoms with Crippen LogP contribution in [0, 0.1) is 17.8 Å². The van der Waals surface area contributed by atoms with Gasteiger partial charge in [-0.25, -0.2) is 4.79 Å². The average molecular weight is 349 g/mol. The minimum Gasteiger partial charge on any atom is -0.444 e. The number of hydrogen-bond acceptors (Lipinski definition) is 4.